The molecular formula is C19H24N2O2. The fraction of sp³-hybridized carbons (Fsp3) is 0.421. The van der Waals surface area contributed by atoms with Crippen molar-refractivity contribution in [3.8, 4) is 5.69 Å². The van der Waals surface area contributed by atoms with Gasteiger partial charge in [0.1, 0.15) is 0 Å². The molecule has 23 heavy (non-hydrogen) atoms. The molecule has 4 heteroatoms. The molecule has 1 aliphatic heterocycles. The quantitative estimate of drug-likeness (QED) is 0.947. The van der Waals surface area contributed by atoms with Crippen LogP contribution >= 0.6 is 0 Å². The van der Waals surface area contributed by atoms with E-state index in [1.807, 2.05) is 43.0 Å². The first kappa shape index (κ1) is 15.8. The van der Waals surface area contributed by atoms with E-state index in [2.05, 4.69) is 16.7 Å². The summed E-state index contributed by atoms with van der Waals surface area (Å²) in [6.45, 7) is 5.74. The van der Waals surface area contributed by atoms with E-state index in [1.54, 1.807) is 0 Å². The minimum Gasteiger partial charge on any atom is -0.396 e. The molecule has 1 amide bonds. The molecule has 1 N–H and O–H groups in total. The predicted molar refractivity (Wildman–Crippen MR) is 91.0 cm³/mol. The Hall–Kier alpha value is -2.07. The summed E-state index contributed by atoms with van der Waals surface area (Å²) in [7, 11) is 0. The molecule has 0 bridgehead atoms. The van der Waals surface area contributed by atoms with Crippen LogP contribution in [0.4, 0.5) is 0 Å². The third-order valence-electron chi connectivity index (χ3n) is 4.84. The number of aromatic nitrogens is 1. The molecule has 1 fully saturated rings. The summed E-state index contributed by atoms with van der Waals surface area (Å²) in [4.78, 5) is 14.8. The standard InChI is InChI=1S/C19H24N2O2/c1-14-12-18(15(2)21(14)17-6-4-3-5-7-17)19(23)20-10-8-16(13-22)9-11-20/h3-7,12,16,22H,8-11,13H2,1-2H3. The zero-order chi connectivity index (χ0) is 16.4. The highest BCUT2D eigenvalue weighted by Crippen LogP contribution is 2.24. The van der Waals surface area contributed by atoms with Gasteiger partial charge in [0.05, 0.1) is 5.56 Å². The zero-order valence-electron chi connectivity index (χ0n) is 13.8. The van der Waals surface area contributed by atoms with Gasteiger partial charge in [-0.2, -0.15) is 0 Å². The summed E-state index contributed by atoms with van der Waals surface area (Å²) in [5.74, 6) is 0.451. The molecule has 1 aromatic carbocycles. The second-order valence-electron chi connectivity index (χ2n) is 6.37. The van der Waals surface area contributed by atoms with Gasteiger partial charge in [-0.1, -0.05) is 18.2 Å². The number of aliphatic hydroxyl groups excluding tert-OH is 1. The van der Waals surface area contributed by atoms with E-state index in [9.17, 15) is 9.90 Å². The molecule has 2 heterocycles. The van der Waals surface area contributed by atoms with Gasteiger partial charge in [0.2, 0.25) is 0 Å². The Balaban J connectivity index is 1.85. The van der Waals surface area contributed by atoms with Gasteiger partial charge in [-0.05, 0) is 50.8 Å². The molecule has 4 nitrogen and oxygen atoms in total. The Morgan fingerprint density at radius 2 is 1.83 bits per heavy atom. The predicted octanol–water partition coefficient (Wildman–Crippen LogP) is 2.94. The van der Waals surface area contributed by atoms with Gasteiger partial charge in [-0.3, -0.25) is 4.79 Å². The van der Waals surface area contributed by atoms with E-state index in [4.69, 9.17) is 0 Å². The molecule has 0 radical (unpaired) electrons. The number of hydrogen-bond donors (Lipinski definition) is 1. The highest BCUT2D eigenvalue weighted by molar-refractivity contribution is 5.96. The Bertz CT molecular complexity index is 683. The maximum Gasteiger partial charge on any atom is 0.255 e. The van der Waals surface area contributed by atoms with E-state index < -0.39 is 0 Å². The summed E-state index contributed by atoms with van der Waals surface area (Å²) in [5, 5.41) is 9.24. The number of benzene rings is 1. The van der Waals surface area contributed by atoms with Crippen LogP contribution < -0.4 is 0 Å². The number of piperidine rings is 1. The summed E-state index contributed by atoms with van der Waals surface area (Å²) >= 11 is 0. The Morgan fingerprint density at radius 3 is 2.43 bits per heavy atom. The average Bonchev–Trinajstić information content (AvgIpc) is 2.89. The second kappa shape index (κ2) is 6.59. The normalized spacial score (nSPS) is 15.9. The number of aryl methyl sites for hydroxylation is 1. The molecule has 1 aliphatic rings. The van der Waals surface area contributed by atoms with Crippen molar-refractivity contribution in [2.75, 3.05) is 19.7 Å². The maximum absolute atomic E-state index is 12.9. The number of carbonyl (C=O) groups is 1. The summed E-state index contributed by atoms with van der Waals surface area (Å²) < 4.78 is 2.13. The first-order valence-corrected chi connectivity index (χ1v) is 8.26. The Labute approximate surface area is 137 Å². The number of likely N-dealkylation sites (tertiary alicyclic amines) is 1. The van der Waals surface area contributed by atoms with Crippen LogP contribution in [-0.2, 0) is 0 Å². The van der Waals surface area contributed by atoms with E-state index >= 15 is 0 Å². The van der Waals surface area contributed by atoms with Gasteiger partial charge >= 0.3 is 0 Å². The van der Waals surface area contributed by atoms with Crippen LogP contribution in [0.5, 0.6) is 0 Å². The van der Waals surface area contributed by atoms with Crippen molar-refractivity contribution >= 4 is 5.91 Å². The SMILES string of the molecule is Cc1cc(C(=O)N2CCC(CO)CC2)c(C)n1-c1ccccc1. The Morgan fingerprint density at radius 1 is 1.17 bits per heavy atom. The fourth-order valence-corrected chi connectivity index (χ4v) is 3.44. The van der Waals surface area contributed by atoms with Crippen molar-refractivity contribution in [3.63, 3.8) is 0 Å². The summed E-state index contributed by atoms with van der Waals surface area (Å²) in [5.41, 5.74) is 3.93. The van der Waals surface area contributed by atoms with Crippen LogP contribution in [0.3, 0.4) is 0 Å². The van der Waals surface area contributed by atoms with Crippen LogP contribution in [-0.4, -0.2) is 40.2 Å². The molecule has 0 spiro atoms. The van der Waals surface area contributed by atoms with Crippen LogP contribution in [0.25, 0.3) is 5.69 Å². The third kappa shape index (κ3) is 3.04. The van der Waals surface area contributed by atoms with Crippen molar-refractivity contribution in [1.29, 1.82) is 0 Å². The molecule has 0 atom stereocenters. The van der Waals surface area contributed by atoms with Crippen molar-refractivity contribution in [1.82, 2.24) is 9.47 Å². The summed E-state index contributed by atoms with van der Waals surface area (Å²) in [6.07, 6.45) is 1.78. The molecule has 0 saturated carbocycles. The monoisotopic (exact) mass is 312 g/mol. The fourth-order valence-electron chi connectivity index (χ4n) is 3.44. The van der Waals surface area contributed by atoms with Gasteiger partial charge in [-0.15, -0.1) is 0 Å². The van der Waals surface area contributed by atoms with Crippen LogP contribution in [0.15, 0.2) is 36.4 Å². The minimum atomic E-state index is 0.108. The van der Waals surface area contributed by atoms with Crippen LogP contribution in [0.1, 0.15) is 34.6 Å². The van der Waals surface area contributed by atoms with Crippen molar-refractivity contribution in [2.24, 2.45) is 5.92 Å². The number of hydrogen-bond acceptors (Lipinski definition) is 2. The van der Waals surface area contributed by atoms with E-state index in [0.29, 0.717) is 5.92 Å². The first-order chi connectivity index (χ1) is 11.1. The minimum absolute atomic E-state index is 0.108. The van der Waals surface area contributed by atoms with Crippen molar-refractivity contribution in [3.05, 3.63) is 53.3 Å². The largest absolute Gasteiger partial charge is 0.396 e. The van der Waals surface area contributed by atoms with E-state index in [1.165, 1.54) is 0 Å². The van der Waals surface area contributed by atoms with Crippen molar-refractivity contribution in [2.45, 2.75) is 26.7 Å². The first-order valence-electron chi connectivity index (χ1n) is 8.26. The molecule has 1 saturated heterocycles. The van der Waals surface area contributed by atoms with Crippen LogP contribution in [0.2, 0.25) is 0 Å². The van der Waals surface area contributed by atoms with Gasteiger partial charge in [-0.25, -0.2) is 0 Å². The van der Waals surface area contributed by atoms with Crippen molar-refractivity contribution < 1.29 is 9.90 Å². The Kier molecular flexibility index (Phi) is 4.53. The topological polar surface area (TPSA) is 45.5 Å². The molecular weight excluding hydrogens is 288 g/mol. The average molecular weight is 312 g/mol. The lowest BCUT2D eigenvalue weighted by Crippen LogP contribution is -2.39. The highest BCUT2D eigenvalue weighted by atomic mass is 16.3. The highest BCUT2D eigenvalue weighted by Gasteiger charge is 2.26. The van der Waals surface area contributed by atoms with E-state index in [-0.39, 0.29) is 12.5 Å². The molecule has 0 unspecified atom stereocenters. The second-order valence-corrected chi connectivity index (χ2v) is 6.37. The molecule has 3 rings (SSSR count). The zero-order valence-corrected chi connectivity index (χ0v) is 13.8. The number of aliphatic hydroxyl groups is 1. The number of carbonyl (C=O) groups excluding carboxylic acids is 1. The van der Waals surface area contributed by atoms with Gasteiger partial charge in [0, 0.05) is 36.8 Å². The van der Waals surface area contributed by atoms with Gasteiger partial charge in [0.25, 0.3) is 5.91 Å². The molecule has 122 valence electrons. The third-order valence-corrected chi connectivity index (χ3v) is 4.84. The lowest BCUT2D eigenvalue weighted by Gasteiger charge is -2.31. The number of nitrogens with zero attached hydrogens (tertiary/aromatic N) is 2. The maximum atomic E-state index is 12.9. The summed E-state index contributed by atoms with van der Waals surface area (Å²) in [6, 6.07) is 12.1. The molecule has 1 aromatic heterocycles. The molecule has 2 aromatic rings. The number of para-hydroxylation sites is 1. The molecule has 0 aliphatic carbocycles. The van der Waals surface area contributed by atoms with Gasteiger partial charge < -0.3 is 14.6 Å². The lowest BCUT2D eigenvalue weighted by molar-refractivity contribution is 0.0650. The number of rotatable bonds is 3. The lowest BCUT2D eigenvalue weighted by atomic mass is 9.97. The van der Waals surface area contributed by atoms with Gasteiger partial charge in [0.15, 0.2) is 0 Å². The van der Waals surface area contributed by atoms with Crippen LogP contribution in [0, 0.1) is 19.8 Å². The smallest absolute Gasteiger partial charge is 0.255 e. The van der Waals surface area contributed by atoms with E-state index in [0.717, 1.165) is 48.6 Å². The number of amides is 1.